The van der Waals surface area contributed by atoms with Crippen LogP contribution in [0, 0.1) is 13.8 Å². The number of hydrazine groups is 1. The van der Waals surface area contributed by atoms with E-state index in [1.165, 1.54) is 4.88 Å². The normalized spacial score (nSPS) is 14.8. The number of aryl methyl sites for hydroxylation is 2. The zero-order valence-electron chi connectivity index (χ0n) is 7.31. The molecule has 0 unspecified atom stereocenters. The summed E-state index contributed by atoms with van der Waals surface area (Å²) in [6.45, 7) is 4.57. The number of hydrogen-bond donors (Lipinski definition) is 1. The first-order valence-corrected chi connectivity index (χ1v) is 4.44. The van der Waals surface area contributed by atoms with Crippen LogP contribution in [-0.4, -0.2) is 11.7 Å². The van der Waals surface area contributed by atoms with Crippen LogP contribution in [0.15, 0.2) is 10.3 Å². The molecule has 1 aromatic heterocycles. The summed E-state index contributed by atoms with van der Waals surface area (Å²) in [5.41, 5.74) is 4.02. The summed E-state index contributed by atoms with van der Waals surface area (Å²) in [6.07, 6.45) is 0. The van der Waals surface area contributed by atoms with E-state index >= 15 is 0 Å². The van der Waals surface area contributed by atoms with Crippen LogP contribution in [0.25, 0.3) is 0 Å². The molecule has 0 aromatic carbocycles. The summed E-state index contributed by atoms with van der Waals surface area (Å²) in [7, 11) is 0. The van der Waals surface area contributed by atoms with Crippen molar-refractivity contribution in [3.63, 3.8) is 0 Å². The maximum absolute atomic E-state index is 4.32. The first-order valence-electron chi connectivity index (χ1n) is 3.62. The first-order chi connectivity index (χ1) is 5.77. The SMILES string of the molecule is Br.Cc1nc(N2N=NCN2)sc1C. The second kappa shape index (κ2) is 4.12. The standard InChI is InChI=1S/C6H9N5S.BrH/c1-4-5(2)12-6(9-4)11-8-3-7-10-11;/h8H,3H2,1-2H3;1H. The zero-order valence-corrected chi connectivity index (χ0v) is 9.84. The first kappa shape index (κ1) is 10.6. The average molecular weight is 264 g/mol. The largest absolute Gasteiger partial charge is 0.224 e. The Kier molecular flexibility index (Phi) is 3.34. The molecule has 5 nitrogen and oxygen atoms in total. The van der Waals surface area contributed by atoms with Crippen LogP contribution >= 0.6 is 28.3 Å². The summed E-state index contributed by atoms with van der Waals surface area (Å²) in [6, 6.07) is 0. The van der Waals surface area contributed by atoms with E-state index in [-0.39, 0.29) is 17.0 Å². The van der Waals surface area contributed by atoms with E-state index in [0.29, 0.717) is 6.67 Å². The van der Waals surface area contributed by atoms with E-state index < -0.39 is 0 Å². The van der Waals surface area contributed by atoms with Gasteiger partial charge in [0.25, 0.3) is 0 Å². The Morgan fingerprint density at radius 2 is 2.23 bits per heavy atom. The van der Waals surface area contributed by atoms with Gasteiger partial charge in [-0.25, -0.2) is 4.98 Å². The summed E-state index contributed by atoms with van der Waals surface area (Å²) >= 11 is 1.61. The van der Waals surface area contributed by atoms with Gasteiger partial charge in [-0.3, -0.25) is 0 Å². The van der Waals surface area contributed by atoms with Crippen molar-refractivity contribution in [2.75, 3.05) is 11.8 Å². The lowest BCUT2D eigenvalue weighted by Crippen LogP contribution is -2.27. The van der Waals surface area contributed by atoms with Gasteiger partial charge in [0, 0.05) is 4.88 Å². The van der Waals surface area contributed by atoms with Crippen LogP contribution in [0.5, 0.6) is 0 Å². The van der Waals surface area contributed by atoms with E-state index in [0.717, 1.165) is 10.8 Å². The summed E-state index contributed by atoms with van der Waals surface area (Å²) in [5.74, 6) is 0. The van der Waals surface area contributed by atoms with Gasteiger partial charge in [0.15, 0.2) is 0 Å². The molecule has 0 atom stereocenters. The number of thiazole rings is 1. The van der Waals surface area contributed by atoms with E-state index in [1.807, 2.05) is 13.8 Å². The third-order valence-electron chi connectivity index (χ3n) is 1.64. The number of hydrogen-bond acceptors (Lipinski definition) is 6. The molecule has 0 amide bonds. The van der Waals surface area contributed by atoms with E-state index in [2.05, 4.69) is 20.7 Å². The van der Waals surface area contributed by atoms with E-state index in [4.69, 9.17) is 0 Å². The van der Waals surface area contributed by atoms with Gasteiger partial charge >= 0.3 is 0 Å². The second-order valence-electron chi connectivity index (χ2n) is 2.50. The predicted octanol–water partition coefficient (Wildman–Crippen LogP) is 1.99. The Morgan fingerprint density at radius 1 is 1.46 bits per heavy atom. The van der Waals surface area contributed by atoms with Crippen molar-refractivity contribution in [2.45, 2.75) is 13.8 Å². The van der Waals surface area contributed by atoms with Crippen molar-refractivity contribution in [1.82, 2.24) is 10.4 Å². The smallest absolute Gasteiger partial charge is 0.222 e. The molecule has 0 spiro atoms. The third kappa shape index (κ3) is 2.04. The van der Waals surface area contributed by atoms with Crippen molar-refractivity contribution < 1.29 is 0 Å². The van der Waals surface area contributed by atoms with Crippen LogP contribution in [0.3, 0.4) is 0 Å². The van der Waals surface area contributed by atoms with Gasteiger partial charge in [-0.15, -0.1) is 22.1 Å². The quantitative estimate of drug-likeness (QED) is 0.843. The highest BCUT2D eigenvalue weighted by Gasteiger charge is 2.14. The summed E-state index contributed by atoms with van der Waals surface area (Å²) in [4.78, 5) is 5.54. The van der Waals surface area contributed by atoms with Gasteiger partial charge in [0.2, 0.25) is 5.13 Å². The molecule has 0 saturated carbocycles. The van der Waals surface area contributed by atoms with Crippen LogP contribution < -0.4 is 10.5 Å². The summed E-state index contributed by atoms with van der Waals surface area (Å²) in [5, 5.41) is 10.1. The van der Waals surface area contributed by atoms with E-state index in [9.17, 15) is 0 Å². The molecule has 1 N–H and O–H groups in total. The third-order valence-corrected chi connectivity index (χ3v) is 2.69. The van der Waals surface area contributed by atoms with Crippen molar-refractivity contribution in [3.05, 3.63) is 10.6 Å². The highest BCUT2D eigenvalue weighted by Crippen LogP contribution is 2.24. The fourth-order valence-corrected chi connectivity index (χ4v) is 1.71. The van der Waals surface area contributed by atoms with Gasteiger partial charge < -0.3 is 0 Å². The lowest BCUT2D eigenvalue weighted by atomic mass is 10.4. The molecule has 1 aromatic rings. The minimum atomic E-state index is 0. The molecule has 0 aliphatic carbocycles. The van der Waals surface area contributed by atoms with E-state index in [1.54, 1.807) is 16.5 Å². The molecule has 0 bridgehead atoms. The number of nitrogens with zero attached hydrogens (tertiary/aromatic N) is 4. The molecule has 1 aliphatic heterocycles. The molecule has 7 heteroatoms. The Morgan fingerprint density at radius 3 is 2.69 bits per heavy atom. The molecule has 0 saturated heterocycles. The lowest BCUT2D eigenvalue weighted by Gasteiger charge is -2.05. The van der Waals surface area contributed by atoms with Crippen LogP contribution in [-0.2, 0) is 0 Å². The van der Waals surface area contributed by atoms with Gasteiger partial charge in [-0.2, -0.15) is 10.5 Å². The van der Waals surface area contributed by atoms with Crippen LogP contribution in [0.1, 0.15) is 10.6 Å². The molecule has 0 radical (unpaired) electrons. The number of nitrogens with one attached hydrogen (secondary N) is 1. The second-order valence-corrected chi connectivity index (χ2v) is 3.68. The highest BCUT2D eigenvalue weighted by atomic mass is 79.9. The number of aromatic nitrogens is 1. The Labute approximate surface area is 90.6 Å². The van der Waals surface area contributed by atoms with Gasteiger partial charge in [0.05, 0.1) is 5.69 Å². The molecule has 2 heterocycles. The number of rotatable bonds is 1. The molecule has 1 aliphatic rings. The van der Waals surface area contributed by atoms with Gasteiger partial charge in [0.1, 0.15) is 6.67 Å². The van der Waals surface area contributed by atoms with Crippen LogP contribution in [0.4, 0.5) is 5.13 Å². The molecule has 72 valence electrons. The minimum Gasteiger partial charge on any atom is -0.222 e. The monoisotopic (exact) mass is 263 g/mol. The number of halogens is 1. The van der Waals surface area contributed by atoms with Gasteiger partial charge in [-0.1, -0.05) is 16.6 Å². The molecule has 13 heavy (non-hydrogen) atoms. The topological polar surface area (TPSA) is 52.9 Å². The Hall–Kier alpha value is -0.530. The molecular formula is C6H10BrN5S. The number of anilines is 1. The Bertz CT molecular complexity index is 303. The van der Waals surface area contributed by atoms with Crippen molar-refractivity contribution in [2.24, 2.45) is 10.3 Å². The lowest BCUT2D eigenvalue weighted by molar-refractivity contribution is 0.746. The summed E-state index contributed by atoms with van der Waals surface area (Å²) < 4.78 is 0. The van der Waals surface area contributed by atoms with Crippen molar-refractivity contribution >= 4 is 33.4 Å². The maximum Gasteiger partial charge on any atom is 0.224 e. The fourth-order valence-electron chi connectivity index (χ4n) is 0.877. The van der Waals surface area contributed by atoms with Gasteiger partial charge in [-0.05, 0) is 13.8 Å². The maximum atomic E-state index is 4.32. The van der Waals surface area contributed by atoms with Crippen molar-refractivity contribution in [3.8, 4) is 0 Å². The minimum absolute atomic E-state index is 0. The predicted molar refractivity (Wildman–Crippen MR) is 57.2 cm³/mol. The van der Waals surface area contributed by atoms with Crippen molar-refractivity contribution in [1.29, 1.82) is 0 Å². The average Bonchev–Trinajstić information content (AvgIpc) is 2.61. The Balaban J connectivity index is 0.000000845. The molecule has 0 fully saturated rings. The van der Waals surface area contributed by atoms with Crippen LogP contribution in [0.2, 0.25) is 0 Å². The molecule has 2 rings (SSSR count). The fraction of sp³-hybridized carbons (Fsp3) is 0.500. The zero-order chi connectivity index (χ0) is 8.55. The highest BCUT2D eigenvalue weighted by molar-refractivity contribution is 8.93. The molecular weight excluding hydrogens is 254 g/mol.